The number of carbonyl (C=O) groups is 1. The van der Waals surface area contributed by atoms with Gasteiger partial charge in [-0.25, -0.2) is 9.97 Å². The first-order valence-electron chi connectivity index (χ1n) is 7.95. The summed E-state index contributed by atoms with van der Waals surface area (Å²) in [5.41, 5.74) is 0.753. The van der Waals surface area contributed by atoms with Crippen LogP contribution >= 0.6 is 11.3 Å². The zero-order valence-electron chi connectivity index (χ0n) is 13.2. The fraction of sp³-hybridized carbons (Fsp3) is 0.562. The van der Waals surface area contributed by atoms with Crippen LogP contribution in [-0.2, 0) is 9.53 Å². The van der Waals surface area contributed by atoms with Crippen molar-refractivity contribution in [3.8, 4) is 0 Å². The Labute approximate surface area is 139 Å². The molecule has 1 spiro atoms. The van der Waals surface area contributed by atoms with E-state index in [9.17, 15) is 4.79 Å². The summed E-state index contributed by atoms with van der Waals surface area (Å²) in [6.45, 7) is 3.79. The maximum atomic E-state index is 12.8. The van der Waals surface area contributed by atoms with Crippen LogP contribution < -0.4 is 4.90 Å². The molecule has 7 heteroatoms. The van der Waals surface area contributed by atoms with E-state index in [1.54, 1.807) is 24.8 Å². The van der Waals surface area contributed by atoms with E-state index < -0.39 is 0 Å². The van der Waals surface area contributed by atoms with Gasteiger partial charge >= 0.3 is 0 Å². The van der Waals surface area contributed by atoms with Crippen molar-refractivity contribution in [3.05, 3.63) is 17.8 Å². The minimum atomic E-state index is -0.234. The summed E-state index contributed by atoms with van der Waals surface area (Å²) in [4.78, 5) is 25.8. The number of carbonyl (C=O) groups excluding carboxylic acids is 1. The molecule has 2 aromatic heterocycles. The molecule has 2 aliphatic heterocycles. The molecule has 4 rings (SSSR count). The largest absolute Gasteiger partial charge is 0.383 e. The van der Waals surface area contributed by atoms with Crippen LogP contribution in [0.3, 0.4) is 0 Å². The Bertz CT molecular complexity index is 734. The Balaban J connectivity index is 1.55. The lowest BCUT2D eigenvalue weighted by Crippen LogP contribution is -2.38. The minimum absolute atomic E-state index is 0.234. The summed E-state index contributed by atoms with van der Waals surface area (Å²) in [6.07, 6.45) is 3.47. The number of nitrogens with zero attached hydrogens (tertiary/aromatic N) is 4. The molecule has 0 saturated carbocycles. The number of methoxy groups -OCH3 is 1. The quantitative estimate of drug-likeness (QED) is 0.854. The van der Waals surface area contributed by atoms with Gasteiger partial charge in [-0.05, 0) is 24.3 Å². The molecule has 1 atom stereocenters. The summed E-state index contributed by atoms with van der Waals surface area (Å²) in [6, 6.07) is 2.02. The van der Waals surface area contributed by atoms with E-state index in [1.807, 2.05) is 16.3 Å². The molecule has 1 unspecified atom stereocenters. The normalized spacial score (nSPS) is 24.5. The van der Waals surface area contributed by atoms with Crippen LogP contribution in [0.2, 0.25) is 0 Å². The van der Waals surface area contributed by atoms with E-state index in [1.165, 1.54) is 0 Å². The highest BCUT2D eigenvalue weighted by molar-refractivity contribution is 7.17. The molecule has 0 aliphatic carbocycles. The van der Waals surface area contributed by atoms with Crippen LogP contribution in [0.4, 0.5) is 5.82 Å². The van der Waals surface area contributed by atoms with Gasteiger partial charge in [-0.3, -0.25) is 4.79 Å². The SMILES string of the molecule is COCCN1CCC2(CCN(c3ncnc4ccsc34)C2)C1=O. The minimum Gasteiger partial charge on any atom is -0.383 e. The molecule has 2 aliphatic rings. The number of amides is 1. The predicted molar refractivity (Wildman–Crippen MR) is 89.8 cm³/mol. The van der Waals surface area contributed by atoms with Gasteiger partial charge in [0, 0.05) is 33.3 Å². The van der Waals surface area contributed by atoms with Gasteiger partial charge in [-0.1, -0.05) is 0 Å². The van der Waals surface area contributed by atoms with Gasteiger partial charge in [0.05, 0.1) is 22.2 Å². The number of thiophene rings is 1. The monoisotopic (exact) mass is 332 g/mol. The van der Waals surface area contributed by atoms with E-state index in [2.05, 4.69) is 14.9 Å². The number of hydrogen-bond donors (Lipinski definition) is 0. The number of rotatable bonds is 4. The molecule has 0 aromatic carbocycles. The van der Waals surface area contributed by atoms with Gasteiger partial charge < -0.3 is 14.5 Å². The van der Waals surface area contributed by atoms with Crippen LogP contribution in [0.15, 0.2) is 17.8 Å². The highest BCUT2D eigenvalue weighted by Crippen LogP contribution is 2.43. The van der Waals surface area contributed by atoms with Gasteiger partial charge in [0.25, 0.3) is 0 Å². The summed E-state index contributed by atoms with van der Waals surface area (Å²) in [5.74, 6) is 1.26. The molecule has 1 amide bonds. The fourth-order valence-corrected chi connectivity index (χ4v) is 4.60. The Morgan fingerprint density at radius 2 is 2.22 bits per heavy atom. The molecule has 6 nitrogen and oxygen atoms in total. The molecule has 2 saturated heterocycles. The van der Waals surface area contributed by atoms with E-state index >= 15 is 0 Å². The Morgan fingerprint density at radius 3 is 3.09 bits per heavy atom. The van der Waals surface area contributed by atoms with Crippen molar-refractivity contribution in [2.75, 3.05) is 44.8 Å². The van der Waals surface area contributed by atoms with E-state index in [4.69, 9.17) is 4.74 Å². The average Bonchev–Trinajstić information content (AvgIpc) is 3.27. The maximum absolute atomic E-state index is 12.8. The Kier molecular flexibility index (Phi) is 3.69. The molecular formula is C16H20N4O2S. The highest BCUT2D eigenvalue weighted by atomic mass is 32.1. The predicted octanol–water partition coefficient (Wildman–Crippen LogP) is 1.77. The van der Waals surface area contributed by atoms with E-state index in [-0.39, 0.29) is 11.3 Å². The van der Waals surface area contributed by atoms with Crippen molar-refractivity contribution in [2.45, 2.75) is 12.8 Å². The Hall–Kier alpha value is -1.73. The van der Waals surface area contributed by atoms with Crippen LogP contribution in [0, 0.1) is 5.41 Å². The van der Waals surface area contributed by atoms with Gasteiger partial charge in [0.1, 0.15) is 12.1 Å². The third-order valence-corrected chi connectivity index (χ3v) is 5.94. The Morgan fingerprint density at radius 1 is 1.35 bits per heavy atom. The summed E-state index contributed by atoms with van der Waals surface area (Å²) < 4.78 is 6.23. The zero-order valence-corrected chi connectivity index (χ0v) is 14.0. The van der Waals surface area contributed by atoms with E-state index in [0.717, 1.165) is 48.5 Å². The third-order valence-electron chi connectivity index (χ3n) is 5.04. The molecule has 122 valence electrons. The molecule has 2 fully saturated rings. The van der Waals surface area contributed by atoms with Crippen LogP contribution in [0.5, 0.6) is 0 Å². The molecule has 23 heavy (non-hydrogen) atoms. The molecule has 2 aromatic rings. The van der Waals surface area contributed by atoms with Crippen LogP contribution in [0.1, 0.15) is 12.8 Å². The van der Waals surface area contributed by atoms with Crippen molar-refractivity contribution in [3.63, 3.8) is 0 Å². The second-order valence-corrected chi connectivity index (χ2v) is 7.24. The maximum Gasteiger partial charge on any atom is 0.230 e. The molecule has 0 N–H and O–H groups in total. The van der Waals surface area contributed by atoms with Crippen molar-refractivity contribution < 1.29 is 9.53 Å². The lowest BCUT2D eigenvalue weighted by atomic mass is 9.85. The fourth-order valence-electron chi connectivity index (χ4n) is 3.74. The lowest BCUT2D eigenvalue weighted by molar-refractivity contribution is -0.135. The average molecular weight is 332 g/mol. The molecule has 4 heterocycles. The standard InChI is InChI=1S/C16H20N4O2S/c1-22-8-7-19-5-3-16(15(19)21)4-6-20(10-16)14-13-12(2-9-23-13)17-11-18-14/h2,9,11H,3-8,10H2,1H3. The first kappa shape index (κ1) is 14.8. The molecule has 0 radical (unpaired) electrons. The number of fused-ring (bicyclic) bond motifs is 1. The second kappa shape index (κ2) is 5.72. The molecule has 0 bridgehead atoms. The van der Waals surface area contributed by atoms with Crippen molar-refractivity contribution >= 4 is 33.3 Å². The zero-order chi connectivity index (χ0) is 15.9. The van der Waals surface area contributed by atoms with Crippen molar-refractivity contribution in [1.29, 1.82) is 0 Å². The lowest BCUT2D eigenvalue weighted by Gasteiger charge is -2.24. The number of anilines is 1. The van der Waals surface area contributed by atoms with Gasteiger partial charge in [-0.2, -0.15) is 0 Å². The summed E-state index contributed by atoms with van der Waals surface area (Å²) >= 11 is 1.67. The van der Waals surface area contributed by atoms with E-state index in [0.29, 0.717) is 13.2 Å². The summed E-state index contributed by atoms with van der Waals surface area (Å²) in [7, 11) is 1.68. The van der Waals surface area contributed by atoms with Gasteiger partial charge in [0.15, 0.2) is 0 Å². The van der Waals surface area contributed by atoms with Crippen LogP contribution in [0.25, 0.3) is 10.2 Å². The topological polar surface area (TPSA) is 58.6 Å². The number of aromatic nitrogens is 2. The number of hydrogen-bond acceptors (Lipinski definition) is 6. The highest BCUT2D eigenvalue weighted by Gasteiger charge is 2.50. The first-order chi connectivity index (χ1) is 11.2. The first-order valence-corrected chi connectivity index (χ1v) is 8.83. The summed E-state index contributed by atoms with van der Waals surface area (Å²) in [5, 5.41) is 2.04. The van der Waals surface area contributed by atoms with Crippen LogP contribution in [-0.4, -0.2) is 60.7 Å². The van der Waals surface area contributed by atoms with Crippen molar-refractivity contribution in [2.24, 2.45) is 5.41 Å². The van der Waals surface area contributed by atoms with Gasteiger partial charge in [0.2, 0.25) is 5.91 Å². The van der Waals surface area contributed by atoms with Crippen molar-refractivity contribution in [1.82, 2.24) is 14.9 Å². The molecular weight excluding hydrogens is 312 g/mol. The number of likely N-dealkylation sites (tertiary alicyclic amines) is 1. The third kappa shape index (κ3) is 2.38. The smallest absolute Gasteiger partial charge is 0.230 e. The number of ether oxygens (including phenoxy) is 1. The van der Waals surface area contributed by atoms with Gasteiger partial charge in [-0.15, -0.1) is 11.3 Å². The second-order valence-electron chi connectivity index (χ2n) is 6.32.